The zero-order chi connectivity index (χ0) is 15.9. The van der Waals surface area contributed by atoms with Crippen LogP contribution >= 0.6 is 22.6 Å². The number of aromatic amines is 1. The Kier molecular flexibility index (Phi) is 3.61. The van der Waals surface area contributed by atoms with Crippen LogP contribution in [-0.2, 0) is 4.79 Å². The van der Waals surface area contributed by atoms with Gasteiger partial charge in [-0.15, -0.1) is 0 Å². The first-order chi connectivity index (χ1) is 10.5. The molecule has 8 heteroatoms. The molecule has 7 nitrogen and oxygen atoms in total. The van der Waals surface area contributed by atoms with Gasteiger partial charge in [0.2, 0.25) is 0 Å². The molecule has 0 fully saturated rings. The third-order valence-electron chi connectivity index (χ3n) is 3.33. The number of aromatic nitrogens is 1. The van der Waals surface area contributed by atoms with Gasteiger partial charge in [-0.25, -0.2) is 0 Å². The molecule has 0 spiro atoms. The molecule has 1 aromatic heterocycles. The van der Waals surface area contributed by atoms with Crippen LogP contribution in [0.25, 0.3) is 11.6 Å². The lowest BCUT2D eigenvalue weighted by Gasteiger charge is -2.03. The molecule has 1 amide bonds. The summed E-state index contributed by atoms with van der Waals surface area (Å²) in [6.45, 7) is 0. The Bertz CT molecular complexity index is 825. The number of anilines is 1. The van der Waals surface area contributed by atoms with E-state index in [2.05, 4.69) is 10.3 Å². The molecule has 0 saturated carbocycles. The number of nitrogens with one attached hydrogen (secondary N) is 2. The number of H-pyrrole nitrogens is 1. The lowest BCUT2D eigenvalue weighted by atomic mass is 10.1. The highest BCUT2D eigenvalue weighted by Gasteiger charge is 2.31. The largest absolute Gasteiger partial charge is 0.495 e. The SMILES string of the molecule is COc1cc[nH]c1C=C1C(=O)Nc2ccc([N+](=O)[O-])c(I)c21. The van der Waals surface area contributed by atoms with Crippen molar-refractivity contribution < 1.29 is 14.5 Å². The van der Waals surface area contributed by atoms with Crippen LogP contribution in [0.1, 0.15) is 11.3 Å². The predicted molar refractivity (Wildman–Crippen MR) is 89.7 cm³/mol. The second-order valence-electron chi connectivity index (χ2n) is 4.55. The topological polar surface area (TPSA) is 97.3 Å². The number of nitro groups is 1. The van der Waals surface area contributed by atoms with Crippen LogP contribution in [0.3, 0.4) is 0 Å². The second-order valence-corrected chi connectivity index (χ2v) is 5.63. The number of nitro benzene ring substituents is 1. The maximum atomic E-state index is 12.2. The zero-order valence-electron chi connectivity index (χ0n) is 11.3. The van der Waals surface area contributed by atoms with Gasteiger partial charge in [-0.05, 0) is 40.8 Å². The molecule has 2 N–H and O–H groups in total. The Hall–Kier alpha value is -2.36. The van der Waals surface area contributed by atoms with Crippen molar-refractivity contribution in [2.45, 2.75) is 0 Å². The van der Waals surface area contributed by atoms with Crippen molar-refractivity contribution >= 4 is 51.5 Å². The molecule has 1 aromatic carbocycles. The fourth-order valence-electron chi connectivity index (χ4n) is 2.32. The van der Waals surface area contributed by atoms with Gasteiger partial charge in [-0.1, -0.05) is 0 Å². The fraction of sp³-hybridized carbons (Fsp3) is 0.0714. The van der Waals surface area contributed by atoms with Gasteiger partial charge in [0.1, 0.15) is 9.32 Å². The van der Waals surface area contributed by atoms with Crippen molar-refractivity contribution in [1.29, 1.82) is 0 Å². The Balaban J connectivity index is 2.19. The summed E-state index contributed by atoms with van der Waals surface area (Å²) in [5.41, 5.74) is 2.07. The first-order valence-electron chi connectivity index (χ1n) is 6.24. The quantitative estimate of drug-likeness (QED) is 0.351. The minimum atomic E-state index is -0.461. The molecule has 0 bridgehead atoms. The molecule has 1 aliphatic rings. The molecule has 0 atom stereocenters. The van der Waals surface area contributed by atoms with Crippen LogP contribution in [0.5, 0.6) is 5.75 Å². The third kappa shape index (κ3) is 2.25. The van der Waals surface area contributed by atoms with Crippen molar-refractivity contribution in [1.82, 2.24) is 4.98 Å². The van der Waals surface area contributed by atoms with E-state index in [0.29, 0.717) is 31.8 Å². The summed E-state index contributed by atoms with van der Waals surface area (Å²) in [7, 11) is 1.53. The van der Waals surface area contributed by atoms with Crippen molar-refractivity contribution in [2.24, 2.45) is 0 Å². The number of hydrogen-bond donors (Lipinski definition) is 2. The number of benzene rings is 1. The molecule has 0 unspecified atom stereocenters. The number of carbonyl (C=O) groups is 1. The number of hydrogen-bond acceptors (Lipinski definition) is 4. The lowest BCUT2D eigenvalue weighted by Crippen LogP contribution is -2.03. The average Bonchev–Trinajstić information content (AvgIpc) is 3.04. The van der Waals surface area contributed by atoms with E-state index in [0.717, 1.165) is 0 Å². The number of carbonyl (C=O) groups excluding carboxylic acids is 1. The summed E-state index contributed by atoms with van der Waals surface area (Å²) >= 11 is 1.89. The van der Waals surface area contributed by atoms with Gasteiger partial charge in [0, 0.05) is 17.8 Å². The van der Waals surface area contributed by atoms with Crippen molar-refractivity contribution in [3.63, 3.8) is 0 Å². The Labute approximate surface area is 138 Å². The Morgan fingerprint density at radius 3 is 2.82 bits per heavy atom. The molecule has 22 heavy (non-hydrogen) atoms. The van der Waals surface area contributed by atoms with E-state index >= 15 is 0 Å². The van der Waals surface area contributed by atoms with E-state index in [1.54, 1.807) is 24.4 Å². The number of halogens is 1. The smallest absolute Gasteiger partial charge is 0.283 e. The molecule has 1 aliphatic heterocycles. The molecule has 2 heterocycles. The van der Waals surface area contributed by atoms with Gasteiger partial charge in [-0.2, -0.15) is 0 Å². The summed E-state index contributed by atoms with van der Waals surface area (Å²) in [4.78, 5) is 25.8. The molecule has 0 radical (unpaired) electrons. The number of amides is 1. The number of nitrogens with zero attached hydrogens (tertiary/aromatic N) is 1. The number of ether oxygens (including phenoxy) is 1. The van der Waals surface area contributed by atoms with Gasteiger partial charge in [0.25, 0.3) is 11.6 Å². The molecular weight excluding hydrogens is 401 g/mol. The monoisotopic (exact) mass is 411 g/mol. The van der Waals surface area contributed by atoms with Crippen LogP contribution in [0.4, 0.5) is 11.4 Å². The van der Waals surface area contributed by atoms with Crippen molar-refractivity contribution in [3.8, 4) is 5.75 Å². The third-order valence-corrected chi connectivity index (χ3v) is 4.42. The van der Waals surface area contributed by atoms with Crippen LogP contribution in [0.2, 0.25) is 0 Å². The molecule has 3 rings (SSSR count). The van der Waals surface area contributed by atoms with Crippen molar-refractivity contribution in [2.75, 3.05) is 12.4 Å². The maximum Gasteiger partial charge on any atom is 0.283 e. The van der Waals surface area contributed by atoms with Crippen LogP contribution in [0, 0.1) is 13.7 Å². The number of fused-ring (bicyclic) bond motifs is 1. The number of rotatable bonds is 3. The molecule has 0 aliphatic carbocycles. The van der Waals surface area contributed by atoms with E-state index in [4.69, 9.17) is 4.74 Å². The van der Waals surface area contributed by atoms with Gasteiger partial charge in [-0.3, -0.25) is 14.9 Å². The highest BCUT2D eigenvalue weighted by Crippen LogP contribution is 2.40. The van der Waals surface area contributed by atoms with E-state index in [1.807, 2.05) is 22.6 Å². The maximum absolute atomic E-state index is 12.2. The normalized spacial score (nSPS) is 14.8. The molecule has 112 valence electrons. The van der Waals surface area contributed by atoms with E-state index in [1.165, 1.54) is 13.2 Å². The molecule has 0 saturated heterocycles. The summed E-state index contributed by atoms with van der Waals surface area (Å²) in [5.74, 6) is 0.291. The molecule has 2 aromatic rings. The van der Waals surface area contributed by atoms with Gasteiger partial charge in [0.15, 0.2) is 0 Å². The van der Waals surface area contributed by atoms with Crippen LogP contribution < -0.4 is 10.1 Å². The first-order valence-corrected chi connectivity index (χ1v) is 7.32. The standard InChI is InChI=1S/C14H10IN3O4/c1-22-11-4-5-16-9(11)6-7-12-8(17-14(7)19)2-3-10(13(12)15)18(20)21/h2-6,16H,1H3,(H,17,19). The fourth-order valence-corrected chi connectivity index (χ4v) is 3.28. The van der Waals surface area contributed by atoms with Gasteiger partial charge < -0.3 is 15.0 Å². The summed E-state index contributed by atoms with van der Waals surface area (Å²) in [6.07, 6.45) is 3.32. The number of methoxy groups -OCH3 is 1. The predicted octanol–water partition coefficient (Wildman–Crippen LogP) is 3.03. The van der Waals surface area contributed by atoms with Gasteiger partial charge in [0.05, 0.1) is 29.0 Å². The lowest BCUT2D eigenvalue weighted by molar-refractivity contribution is -0.385. The highest BCUT2D eigenvalue weighted by molar-refractivity contribution is 14.1. The minimum absolute atomic E-state index is 0.0276. The zero-order valence-corrected chi connectivity index (χ0v) is 13.5. The van der Waals surface area contributed by atoms with Gasteiger partial charge >= 0.3 is 0 Å². The first kappa shape index (κ1) is 14.6. The van der Waals surface area contributed by atoms with Crippen LogP contribution in [0.15, 0.2) is 24.4 Å². The molecular formula is C14H10IN3O4. The minimum Gasteiger partial charge on any atom is -0.495 e. The Morgan fingerprint density at radius 1 is 1.36 bits per heavy atom. The second kappa shape index (κ2) is 5.44. The summed E-state index contributed by atoms with van der Waals surface area (Å²) < 4.78 is 5.62. The van der Waals surface area contributed by atoms with E-state index < -0.39 is 4.92 Å². The average molecular weight is 411 g/mol. The van der Waals surface area contributed by atoms with E-state index in [-0.39, 0.29) is 11.6 Å². The van der Waals surface area contributed by atoms with E-state index in [9.17, 15) is 14.9 Å². The highest BCUT2D eigenvalue weighted by atomic mass is 127. The summed E-state index contributed by atoms with van der Waals surface area (Å²) in [5, 5.41) is 13.8. The summed E-state index contributed by atoms with van der Waals surface area (Å²) in [6, 6.07) is 4.66. The van der Waals surface area contributed by atoms with Crippen molar-refractivity contribution in [3.05, 3.63) is 49.3 Å². The van der Waals surface area contributed by atoms with Crippen LogP contribution in [-0.4, -0.2) is 22.9 Å². The Morgan fingerprint density at radius 2 is 2.14 bits per heavy atom.